The minimum Gasteiger partial charge on any atom is -0.377 e. The highest BCUT2D eigenvalue weighted by Crippen LogP contribution is 2.36. The number of rotatable bonds is 4. The molecule has 2 aliphatic heterocycles. The van der Waals surface area contributed by atoms with E-state index in [9.17, 15) is 4.79 Å². The summed E-state index contributed by atoms with van der Waals surface area (Å²) in [4.78, 5) is 18.7. The van der Waals surface area contributed by atoms with Gasteiger partial charge in [-0.05, 0) is 33.6 Å². The van der Waals surface area contributed by atoms with Crippen molar-refractivity contribution < 1.29 is 9.53 Å². The normalized spacial score (nSPS) is 25.3. The van der Waals surface area contributed by atoms with Gasteiger partial charge in [-0.3, -0.25) is 9.79 Å². The Bertz CT molecular complexity index is 442. The maximum Gasteiger partial charge on any atom is 0.220 e. The Hall–Kier alpha value is -0.570. The van der Waals surface area contributed by atoms with Crippen molar-refractivity contribution in [2.75, 3.05) is 39.8 Å². The van der Waals surface area contributed by atoms with Crippen LogP contribution >= 0.6 is 24.0 Å². The van der Waals surface area contributed by atoms with Gasteiger partial charge in [-0.1, -0.05) is 0 Å². The Kier molecular flexibility index (Phi) is 7.57. The first-order valence-corrected chi connectivity index (χ1v) is 8.25. The number of methoxy groups -OCH3 is 1. The molecule has 1 amide bonds. The summed E-state index contributed by atoms with van der Waals surface area (Å²) in [7, 11) is 1.72. The van der Waals surface area contributed by atoms with E-state index in [0.717, 1.165) is 45.0 Å². The molecule has 1 spiro atoms. The number of carbonyl (C=O) groups is 1. The molecule has 0 saturated carbocycles. The van der Waals surface area contributed by atoms with Crippen LogP contribution in [-0.4, -0.2) is 62.2 Å². The van der Waals surface area contributed by atoms with Gasteiger partial charge in [0, 0.05) is 45.1 Å². The molecule has 0 aliphatic carbocycles. The van der Waals surface area contributed by atoms with Crippen molar-refractivity contribution in [3.05, 3.63) is 0 Å². The molecule has 134 valence electrons. The molecular formula is C16H31IN4O2. The maximum atomic E-state index is 11.6. The van der Waals surface area contributed by atoms with Gasteiger partial charge in [0.15, 0.2) is 5.96 Å². The minimum atomic E-state index is -0.265. The van der Waals surface area contributed by atoms with E-state index >= 15 is 0 Å². The van der Waals surface area contributed by atoms with Gasteiger partial charge in [-0.25, -0.2) is 0 Å². The van der Waals surface area contributed by atoms with E-state index in [-0.39, 0.29) is 40.9 Å². The van der Waals surface area contributed by atoms with Gasteiger partial charge in [0.2, 0.25) is 5.91 Å². The number of carbonyl (C=O) groups excluding carboxylic acids is 1. The molecule has 2 heterocycles. The smallest absolute Gasteiger partial charge is 0.220 e. The van der Waals surface area contributed by atoms with E-state index in [1.165, 1.54) is 0 Å². The van der Waals surface area contributed by atoms with E-state index in [1.807, 2.05) is 13.8 Å². The first kappa shape index (κ1) is 20.5. The fourth-order valence-electron chi connectivity index (χ4n) is 3.18. The zero-order valence-electron chi connectivity index (χ0n) is 14.8. The van der Waals surface area contributed by atoms with Crippen molar-refractivity contribution in [2.24, 2.45) is 10.4 Å². The van der Waals surface area contributed by atoms with Crippen LogP contribution < -0.4 is 10.6 Å². The van der Waals surface area contributed by atoms with E-state index in [0.29, 0.717) is 13.0 Å². The van der Waals surface area contributed by atoms with Crippen LogP contribution in [0.3, 0.4) is 0 Å². The summed E-state index contributed by atoms with van der Waals surface area (Å²) < 4.78 is 5.45. The average Bonchev–Trinajstić information content (AvgIpc) is 2.84. The zero-order chi connectivity index (χ0) is 16.2. The van der Waals surface area contributed by atoms with E-state index < -0.39 is 0 Å². The van der Waals surface area contributed by atoms with Gasteiger partial charge < -0.3 is 20.3 Å². The molecular weight excluding hydrogens is 407 g/mol. The SMILES string of the molecule is CCNC(=NCC(C)(C)OC)N1CCCC2(CNC(=O)C2)C1.I. The molecule has 7 heteroatoms. The van der Waals surface area contributed by atoms with Crippen LogP contribution in [0.4, 0.5) is 0 Å². The molecule has 2 rings (SSSR count). The van der Waals surface area contributed by atoms with Crippen LogP contribution in [0.5, 0.6) is 0 Å². The molecule has 0 aromatic rings. The first-order valence-electron chi connectivity index (χ1n) is 8.25. The lowest BCUT2D eigenvalue weighted by molar-refractivity contribution is -0.119. The third-order valence-electron chi connectivity index (χ3n) is 4.65. The summed E-state index contributed by atoms with van der Waals surface area (Å²) in [5.41, 5.74) is -0.179. The fraction of sp³-hybridized carbons (Fsp3) is 0.875. The summed E-state index contributed by atoms with van der Waals surface area (Å²) >= 11 is 0. The molecule has 2 N–H and O–H groups in total. The van der Waals surface area contributed by atoms with E-state index in [2.05, 4.69) is 22.5 Å². The monoisotopic (exact) mass is 438 g/mol. The summed E-state index contributed by atoms with van der Waals surface area (Å²) in [5.74, 6) is 1.12. The number of aliphatic imine (C=N–C) groups is 1. The van der Waals surface area contributed by atoms with Crippen molar-refractivity contribution in [1.82, 2.24) is 15.5 Å². The number of likely N-dealkylation sites (tertiary alicyclic amines) is 1. The quantitative estimate of drug-likeness (QED) is 0.398. The van der Waals surface area contributed by atoms with Crippen LogP contribution in [-0.2, 0) is 9.53 Å². The van der Waals surface area contributed by atoms with Gasteiger partial charge in [-0.2, -0.15) is 0 Å². The second-order valence-corrected chi connectivity index (χ2v) is 7.11. The number of amides is 1. The number of ether oxygens (including phenoxy) is 1. The Morgan fingerprint density at radius 1 is 1.52 bits per heavy atom. The summed E-state index contributed by atoms with van der Waals surface area (Å²) in [6.45, 7) is 10.3. The van der Waals surface area contributed by atoms with Crippen molar-refractivity contribution in [3.8, 4) is 0 Å². The lowest BCUT2D eigenvalue weighted by Gasteiger charge is -2.41. The lowest BCUT2D eigenvalue weighted by atomic mass is 9.79. The Balaban J connectivity index is 0.00000264. The molecule has 0 bridgehead atoms. The largest absolute Gasteiger partial charge is 0.377 e. The van der Waals surface area contributed by atoms with Gasteiger partial charge in [0.25, 0.3) is 0 Å². The number of piperidine rings is 1. The number of hydrogen-bond donors (Lipinski definition) is 2. The highest BCUT2D eigenvalue weighted by molar-refractivity contribution is 14.0. The Morgan fingerprint density at radius 3 is 2.83 bits per heavy atom. The van der Waals surface area contributed by atoms with Gasteiger partial charge in [0.05, 0.1) is 12.1 Å². The molecule has 2 saturated heterocycles. The number of nitrogens with zero attached hydrogens (tertiary/aromatic N) is 2. The molecule has 1 unspecified atom stereocenters. The van der Waals surface area contributed by atoms with Crippen LogP contribution in [0.1, 0.15) is 40.0 Å². The van der Waals surface area contributed by atoms with Crippen LogP contribution in [0.25, 0.3) is 0 Å². The molecule has 1 atom stereocenters. The Labute approximate surface area is 156 Å². The highest BCUT2D eigenvalue weighted by atomic mass is 127. The van der Waals surface area contributed by atoms with Gasteiger partial charge >= 0.3 is 0 Å². The number of nitrogens with one attached hydrogen (secondary N) is 2. The van der Waals surface area contributed by atoms with Crippen LogP contribution in [0.15, 0.2) is 4.99 Å². The summed E-state index contributed by atoms with van der Waals surface area (Å²) in [6.07, 6.45) is 2.87. The average molecular weight is 438 g/mol. The number of halogens is 1. The number of guanidine groups is 1. The van der Waals surface area contributed by atoms with E-state index in [1.54, 1.807) is 7.11 Å². The molecule has 2 aliphatic rings. The molecule has 0 radical (unpaired) electrons. The second-order valence-electron chi connectivity index (χ2n) is 7.11. The van der Waals surface area contributed by atoms with Crippen molar-refractivity contribution in [1.29, 1.82) is 0 Å². The predicted octanol–water partition coefficient (Wildman–Crippen LogP) is 1.60. The Morgan fingerprint density at radius 2 is 2.26 bits per heavy atom. The third kappa shape index (κ3) is 5.48. The minimum absolute atomic E-state index is 0. The topological polar surface area (TPSA) is 66.0 Å². The van der Waals surface area contributed by atoms with Crippen molar-refractivity contribution >= 4 is 35.8 Å². The van der Waals surface area contributed by atoms with Crippen molar-refractivity contribution in [3.63, 3.8) is 0 Å². The summed E-state index contributed by atoms with van der Waals surface area (Å²) in [6, 6.07) is 0. The van der Waals surface area contributed by atoms with Gasteiger partial charge in [0.1, 0.15) is 0 Å². The fourth-order valence-corrected chi connectivity index (χ4v) is 3.18. The third-order valence-corrected chi connectivity index (χ3v) is 4.65. The molecule has 6 nitrogen and oxygen atoms in total. The number of hydrogen-bond acceptors (Lipinski definition) is 3. The van der Waals surface area contributed by atoms with Crippen LogP contribution in [0, 0.1) is 5.41 Å². The van der Waals surface area contributed by atoms with Crippen LogP contribution in [0.2, 0.25) is 0 Å². The molecule has 23 heavy (non-hydrogen) atoms. The molecule has 2 fully saturated rings. The summed E-state index contributed by atoms with van der Waals surface area (Å²) in [5, 5.41) is 6.37. The zero-order valence-corrected chi connectivity index (χ0v) is 17.1. The standard InChI is InChI=1S/C16H30N4O2.HI/c1-5-17-14(19-10-15(2,3)22-4)20-8-6-7-16(12-20)9-13(21)18-11-16;/h5-12H2,1-4H3,(H,17,19)(H,18,21);1H. The highest BCUT2D eigenvalue weighted by Gasteiger charge is 2.42. The maximum absolute atomic E-state index is 11.6. The van der Waals surface area contributed by atoms with Crippen molar-refractivity contribution in [2.45, 2.75) is 45.6 Å². The molecule has 0 aromatic heterocycles. The second kappa shape index (κ2) is 8.50. The molecule has 0 aromatic carbocycles. The predicted molar refractivity (Wildman–Crippen MR) is 103 cm³/mol. The van der Waals surface area contributed by atoms with Gasteiger partial charge in [-0.15, -0.1) is 24.0 Å². The lowest BCUT2D eigenvalue weighted by Crippen LogP contribution is -2.51. The van der Waals surface area contributed by atoms with E-state index in [4.69, 9.17) is 9.73 Å². The first-order chi connectivity index (χ1) is 10.4.